The molecule has 0 fully saturated rings. The molecule has 0 radical (unpaired) electrons. The Bertz CT molecular complexity index is 915. The number of thiophene rings is 1. The summed E-state index contributed by atoms with van der Waals surface area (Å²) < 4.78 is 1.81. The summed E-state index contributed by atoms with van der Waals surface area (Å²) in [5, 5.41) is 18.5. The first kappa shape index (κ1) is 18.2. The second kappa shape index (κ2) is 7.33. The summed E-state index contributed by atoms with van der Waals surface area (Å²) in [6.45, 7) is 3.97. The van der Waals surface area contributed by atoms with Crippen LogP contribution in [0.1, 0.15) is 27.9 Å². The minimum absolute atomic E-state index is 0.103. The van der Waals surface area contributed by atoms with Crippen molar-refractivity contribution < 1.29 is 9.90 Å². The van der Waals surface area contributed by atoms with Gasteiger partial charge in [0.15, 0.2) is 0 Å². The zero-order valence-electron chi connectivity index (χ0n) is 13.7. The van der Waals surface area contributed by atoms with Gasteiger partial charge in [0.2, 0.25) is 0 Å². The molecule has 0 saturated carbocycles. The molecule has 1 aromatic carbocycles. The number of nitrogens with one attached hydrogen (secondary N) is 1. The number of amides is 1. The van der Waals surface area contributed by atoms with Crippen molar-refractivity contribution in [1.29, 1.82) is 0 Å². The minimum Gasteiger partial charge on any atom is -0.394 e. The topological polar surface area (TPSA) is 67.2 Å². The number of aliphatic hydroxyl groups is 1. The summed E-state index contributed by atoms with van der Waals surface area (Å²) in [6, 6.07) is 6.91. The van der Waals surface area contributed by atoms with E-state index in [2.05, 4.69) is 10.4 Å². The molecule has 0 saturated heterocycles. The molecule has 1 atom stereocenters. The molecule has 2 heterocycles. The van der Waals surface area contributed by atoms with Gasteiger partial charge in [-0.2, -0.15) is 5.10 Å². The molecule has 2 N–H and O–H groups in total. The molecule has 0 spiro atoms. The first-order valence-corrected chi connectivity index (χ1v) is 9.29. The van der Waals surface area contributed by atoms with Gasteiger partial charge < -0.3 is 10.4 Å². The van der Waals surface area contributed by atoms with E-state index in [0.29, 0.717) is 21.5 Å². The van der Waals surface area contributed by atoms with E-state index in [0.717, 1.165) is 21.5 Å². The molecule has 0 bridgehead atoms. The van der Waals surface area contributed by atoms with Crippen molar-refractivity contribution in [3.63, 3.8) is 0 Å². The standard InChI is InChI=1S/C17H17Cl2N3O2S/c1-9(8-23)20-16(24)15-6-11-10(2)21-22(17(11)25-15)7-12-13(18)4-3-5-14(12)19/h3-6,9,23H,7-8H2,1-2H3,(H,20,24). The third-order valence-electron chi connectivity index (χ3n) is 3.85. The Kier molecular flexibility index (Phi) is 5.34. The van der Waals surface area contributed by atoms with Crippen molar-refractivity contribution in [2.45, 2.75) is 26.4 Å². The van der Waals surface area contributed by atoms with Crippen molar-refractivity contribution in [3.05, 3.63) is 50.4 Å². The maximum atomic E-state index is 12.3. The molecule has 0 aliphatic rings. The molecule has 132 valence electrons. The number of fused-ring (bicyclic) bond motifs is 1. The van der Waals surface area contributed by atoms with E-state index in [1.807, 2.05) is 17.7 Å². The molecular formula is C17H17Cl2N3O2S. The molecule has 0 aliphatic heterocycles. The summed E-state index contributed by atoms with van der Waals surface area (Å²) in [7, 11) is 0. The summed E-state index contributed by atoms with van der Waals surface area (Å²) in [5.41, 5.74) is 1.63. The van der Waals surface area contributed by atoms with Crippen molar-refractivity contribution in [3.8, 4) is 0 Å². The maximum Gasteiger partial charge on any atom is 0.261 e. The average Bonchev–Trinajstić information content (AvgIpc) is 3.12. The van der Waals surface area contributed by atoms with Gasteiger partial charge in [0.25, 0.3) is 5.91 Å². The number of hydrogen-bond acceptors (Lipinski definition) is 4. The fourth-order valence-electron chi connectivity index (χ4n) is 2.51. The van der Waals surface area contributed by atoms with E-state index in [4.69, 9.17) is 28.3 Å². The molecule has 1 unspecified atom stereocenters. The Balaban J connectivity index is 1.96. The number of carbonyl (C=O) groups is 1. The number of carbonyl (C=O) groups excluding carboxylic acids is 1. The predicted molar refractivity (Wildman–Crippen MR) is 102 cm³/mol. The van der Waals surface area contributed by atoms with Crippen LogP contribution in [0.4, 0.5) is 0 Å². The second-order valence-electron chi connectivity index (χ2n) is 5.83. The summed E-state index contributed by atoms with van der Waals surface area (Å²) in [4.78, 5) is 13.8. The van der Waals surface area contributed by atoms with Crippen LogP contribution in [0.3, 0.4) is 0 Å². The van der Waals surface area contributed by atoms with E-state index in [1.54, 1.807) is 25.1 Å². The van der Waals surface area contributed by atoms with E-state index in [-0.39, 0.29) is 18.6 Å². The summed E-state index contributed by atoms with van der Waals surface area (Å²) in [6.07, 6.45) is 0. The lowest BCUT2D eigenvalue weighted by molar-refractivity contribution is 0.0926. The van der Waals surface area contributed by atoms with Gasteiger partial charge in [0, 0.05) is 27.0 Å². The first-order valence-electron chi connectivity index (χ1n) is 7.72. The number of aromatic nitrogens is 2. The third kappa shape index (κ3) is 3.67. The van der Waals surface area contributed by atoms with Gasteiger partial charge in [-0.1, -0.05) is 29.3 Å². The number of aliphatic hydroxyl groups excluding tert-OH is 1. The number of halogens is 2. The monoisotopic (exact) mass is 397 g/mol. The summed E-state index contributed by atoms with van der Waals surface area (Å²) >= 11 is 13.9. The number of aryl methyl sites for hydroxylation is 1. The molecule has 2 aromatic heterocycles. The van der Waals surface area contributed by atoms with Crippen LogP contribution in [0.15, 0.2) is 24.3 Å². The zero-order valence-corrected chi connectivity index (χ0v) is 16.0. The minimum atomic E-state index is -0.294. The van der Waals surface area contributed by atoms with Crippen molar-refractivity contribution in [2.75, 3.05) is 6.61 Å². The van der Waals surface area contributed by atoms with Crippen LogP contribution in [0.2, 0.25) is 10.0 Å². The fourth-order valence-corrected chi connectivity index (χ4v) is 4.09. The Morgan fingerprint density at radius 1 is 1.40 bits per heavy atom. The Labute approximate surface area is 159 Å². The molecule has 8 heteroatoms. The van der Waals surface area contributed by atoms with Gasteiger partial charge in [-0.15, -0.1) is 11.3 Å². The van der Waals surface area contributed by atoms with Gasteiger partial charge in [0.1, 0.15) is 4.83 Å². The number of nitrogens with zero attached hydrogens (tertiary/aromatic N) is 2. The van der Waals surface area contributed by atoms with Gasteiger partial charge >= 0.3 is 0 Å². The Morgan fingerprint density at radius 2 is 2.08 bits per heavy atom. The van der Waals surface area contributed by atoms with Crippen LogP contribution in [0.25, 0.3) is 10.2 Å². The van der Waals surface area contributed by atoms with Gasteiger partial charge in [0.05, 0.1) is 23.7 Å². The van der Waals surface area contributed by atoms with Gasteiger partial charge in [-0.3, -0.25) is 4.79 Å². The molecule has 0 aliphatic carbocycles. The third-order valence-corrected chi connectivity index (χ3v) is 5.71. The first-order chi connectivity index (χ1) is 11.9. The lowest BCUT2D eigenvalue weighted by atomic mass is 10.2. The SMILES string of the molecule is Cc1nn(Cc2c(Cl)cccc2Cl)c2sc(C(=O)NC(C)CO)cc12. The highest BCUT2D eigenvalue weighted by atomic mass is 35.5. The normalized spacial score (nSPS) is 12.5. The number of benzene rings is 1. The molecule has 5 nitrogen and oxygen atoms in total. The average molecular weight is 398 g/mol. The number of hydrogen-bond donors (Lipinski definition) is 2. The maximum absolute atomic E-state index is 12.3. The van der Waals surface area contributed by atoms with Crippen LogP contribution in [-0.4, -0.2) is 33.4 Å². The lowest BCUT2D eigenvalue weighted by Crippen LogP contribution is -2.34. The quantitative estimate of drug-likeness (QED) is 0.686. The van der Waals surface area contributed by atoms with E-state index >= 15 is 0 Å². The van der Waals surface area contributed by atoms with Crippen LogP contribution in [-0.2, 0) is 6.54 Å². The molecule has 25 heavy (non-hydrogen) atoms. The van der Waals surface area contributed by atoms with Crippen molar-refractivity contribution >= 4 is 50.7 Å². The fraction of sp³-hybridized carbons (Fsp3) is 0.294. The Morgan fingerprint density at radius 3 is 2.72 bits per heavy atom. The largest absolute Gasteiger partial charge is 0.394 e. The molecular weight excluding hydrogens is 381 g/mol. The summed E-state index contributed by atoms with van der Waals surface area (Å²) in [5.74, 6) is -0.204. The van der Waals surface area contributed by atoms with Gasteiger partial charge in [-0.25, -0.2) is 4.68 Å². The Hall–Kier alpha value is -1.60. The van der Waals surface area contributed by atoms with Crippen molar-refractivity contribution in [1.82, 2.24) is 15.1 Å². The van der Waals surface area contributed by atoms with Crippen LogP contribution in [0, 0.1) is 6.92 Å². The van der Waals surface area contributed by atoms with E-state index in [1.165, 1.54) is 11.3 Å². The molecule has 1 amide bonds. The van der Waals surface area contributed by atoms with E-state index in [9.17, 15) is 4.79 Å². The molecule has 3 aromatic rings. The smallest absolute Gasteiger partial charge is 0.261 e. The van der Waals surface area contributed by atoms with Crippen LogP contribution in [0.5, 0.6) is 0 Å². The van der Waals surface area contributed by atoms with Gasteiger partial charge in [-0.05, 0) is 32.0 Å². The highest BCUT2D eigenvalue weighted by Crippen LogP contribution is 2.31. The highest BCUT2D eigenvalue weighted by Gasteiger charge is 2.18. The highest BCUT2D eigenvalue weighted by molar-refractivity contribution is 7.20. The van der Waals surface area contributed by atoms with Crippen molar-refractivity contribution in [2.24, 2.45) is 0 Å². The second-order valence-corrected chi connectivity index (χ2v) is 7.67. The lowest BCUT2D eigenvalue weighted by Gasteiger charge is -2.09. The zero-order chi connectivity index (χ0) is 18.1. The van der Waals surface area contributed by atoms with Crippen LogP contribution < -0.4 is 5.32 Å². The predicted octanol–water partition coefficient (Wildman–Crippen LogP) is 3.87. The van der Waals surface area contributed by atoms with Crippen LogP contribution >= 0.6 is 34.5 Å². The molecule has 3 rings (SSSR count). The van der Waals surface area contributed by atoms with E-state index < -0.39 is 0 Å². The number of rotatable bonds is 5.